The van der Waals surface area contributed by atoms with Gasteiger partial charge < -0.3 is 37.8 Å². The molecule has 0 heterocycles. The van der Waals surface area contributed by atoms with E-state index in [0.717, 1.165) is 5.56 Å². The van der Waals surface area contributed by atoms with Gasteiger partial charge in [0, 0.05) is 13.0 Å². The number of hydrogen-bond donors (Lipinski definition) is 7. The van der Waals surface area contributed by atoms with Crippen LogP contribution in [0.2, 0.25) is 0 Å². The Hall–Kier alpha value is -3.51. The summed E-state index contributed by atoms with van der Waals surface area (Å²) in [5, 5.41) is 19.5. The molecule has 0 aliphatic rings. The van der Waals surface area contributed by atoms with Crippen molar-refractivity contribution in [3.05, 3.63) is 35.9 Å². The lowest BCUT2D eigenvalue weighted by Gasteiger charge is -2.24. The molecule has 12 nitrogen and oxygen atoms in total. The van der Waals surface area contributed by atoms with Crippen molar-refractivity contribution in [2.75, 3.05) is 6.54 Å². The number of benzene rings is 1. The lowest BCUT2D eigenvalue weighted by Crippen LogP contribution is -2.58. The molecule has 0 saturated heterocycles. The number of carboxylic acid groups (broad SMARTS) is 1. The van der Waals surface area contributed by atoms with Gasteiger partial charge in [0.2, 0.25) is 23.6 Å². The molecule has 12 heteroatoms. The van der Waals surface area contributed by atoms with E-state index in [2.05, 4.69) is 21.3 Å². The molecular formula is C24H38N6O6. The van der Waals surface area contributed by atoms with Gasteiger partial charge in [-0.1, -0.05) is 44.2 Å². The lowest BCUT2D eigenvalue weighted by atomic mass is 10.0. The molecule has 5 atom stereocenters. The molecule has 1 aromatic carbocycles. The topological polar surface area (TPSA) is 206 Å². The molecule has 0 aliphatic heterocycles. The number of carboxylic acids is 1. The molecule has 0 spiro atoms. The van der Waals surface area contributed by atoms with Gasteiger partial charge in [0.05, 0.1) is 6.04 Å². The molecule has 0 unspecified atom stereocenters. The first-order valence-corrected chi connectivity index (χ1v) is 11.8. The van der Waals surface area contributed by atoms with Gasteiger partial charge in [-0.2, -0.15) is 0 Å². The molecule has 0 fully saturated rings. The number of hydrogen-bond acceptors (Lipinski definition) is 7. The summed E-state index contributed by atoms with van der Waals surface area (Å²) in [6.45, 7) is 6.42. The van der Waals surface area contributed by atoms with Gasteiger partial charge in [-0.05, 0) is 31.7 Å². The third-order valence-corrected chi connectivity index (χ3v) is 5.33. The molecule has 0 aliphatic carbocycles. The van der Waals surface area contributed by atoms with Crippen LogP contribution < -0.4 is 32.7 Å². The minimum absolute atomic E-state index is 0.0192. The van der Waals surface area contributed by atoms with Crippen molar-refractivity contribution in [2.24, 2.45) is 17.4 Å². The van der Waals surface area contributed by atoms with Crippen LogP contribution in [0.1, 0.15) is 39.7 Å². The standard InChI is InChI=1S/C24H38N6O6/c1-13(2)10-19(24(35)36)30-23(34)18(11-16-8-6-5-7-9-16)29-21(32)15(4)27-20(31)14(3)28-22(33)17(26)12-25/h5-9,13-15,17-19H,10-12,25-26H2,1-4H3,(H,27,31)(H,28,33)(H,29,32)(H,30,34)(H,35,36)/t14-,15-,17-,18-,19-/m0/s1. The number of carbonyl (C=O) groups is 5. The summed E-state index contributed by atoms with van der Waals surface area (Å²) in [6, 6.07) is 3.69. The van der Waals surface area contributed by atoms with Crippen molar-refractivity contribution in [3.63, 3.8) is 0 Å². The molecule has 9 N–H and O–H groups in total. The maximum absolute atomic E-state index is 13.0. The number of aliphatic carboxylic acids is 1. The SMILES string of the molecule is CC(C)C[C@H](NC(=O)[C@H](Cc1ccccc1)NC(=O)[C@H](C)NC(=O)[C@H](C)NC(=O)[C@@H](N)CN)C(=O)O. The van der Waals surface area contributed by atoms with E-state index in [-0.39, 0.29) is 25.3 Å². The van der Waals surface area contributed by atoms with E-state index < -0.39 is 59.8 Å². The Bertz CT molecular complexity index is 910. The van der Waals surface area contributed by atoms with Gasteiger partial charge in [-0.3, -0.25) is 19.2 Å². The Labute approximate surface area is 210 Å². The van der Waals surface area contributed by atoms with Crippen LogP contribution in [0.4, 0.5) is 0 Å². The Morgan fingerprint density at radius 2 is 1.28 bits per heavy atom. The van der Waals surface area contributed by atoms with Gasteiger partial charge in [0.15, 0.2) is 0 Å². The molecule has 1 aromatic rings. The van der Waals surface area contributed by atoms with Crippen LogP contribution in [0.3, 0.4) is 0 Å². The van der Waals surface area contributed by atoms with E-state index in [1.54, 1.807) is 30.3 Å². The van der Waals surface area contributed by atoms with Gasteiger partial charge in [-0.25, -0.2) is 4.79 Å². The second-order valence-corrected chi connectivity index (χ2v) is 9.08. The highest BCUT2D eigenvalue weighted by Gasteiger charge is 2.29. The molecule has 0 saturated carbocycles. The van der Waals surface area contributed by atoms with E-state index in [1.807, 2.05) is 13.8 Å². The number of nitrogens with one attached hydrogen (secondary N) is 4. The summed E-state index contributed by atoms with van der Waals surface area (Å²) < 4.78 is 0. The van der Waals surface area contributed by atoms with Crippen molar-refractivity contribution in [1.82, 2.24) is 21.3 Å². The smallest absolute Gasteiger partial charge is 0.326 e. The Kier molecular flexibility index (Phi) is 12.5. The van der Waals surface area contributed by atoms with Crippen molar-refractivity contribution in [2.45, 2.75) is 70.7 Å². The van der Waals surface area contributed by atoms with E-state index in [1.165, 1.54) is 13.8 Å². The third-order valence-electron chi connectivity index (χ3n) is 5.33. The first-order valence-electron chi connectivity index (χ1n) is 11.8. The summed E-state index contributed by atoms with van der Waals surface area (Å²) in [5.41, 5.74) is 11.6. The van der Waals surface area contributed by atoms with E-state index in [9.17, 15) is 29.1 Å². The number of amides is 4. The maximum Gasteiger partial charge on any atom is 0.326 e. The van der Waals surface area contributed by atoms with Gasteiger partial charge in [0.25, 0.3) is 0 Å². The molecule has 0 bridgehead atoms. The first kappa shape index (κ1) is 30.5. The van der Waals surface area contributed by atoms with Crippen molar-refractivity contribution < 1.29 is 29.1 Å². The highest BCUT2D eigenvalue weighted by Crippen LogP contribution is 2.08. The minimum atomic E-state index is -1.17. The second kappa shape index (κ2) is 14.8. The fraction of sp³-hybridized carbons (Fsp3) is 0.542. The Balaban J connectivity index is 2.91. The fourth-order valence-electron chi connectivity index (χ4n) is 3.22. The molecular weight excluding hydrogens is 468 g/mol. The van der Waals surface area contributed by atoms with Gasteiger partial charge in [0.1, 0.15) is 24.2 Å². The summed E-state index contributed by atoms with van der Waals surface area (Å²) in [5.74, 6) is -3.71. The zero-order valence-corrected chi connectivity index (χ0v) is 21.1. The van der Waals surface area contributed by atoms with Gasteiger partial charge >= 0.3 is 5.97 Å². The summed E-state index contributed by atoms with van der Waals surface area (Å²) >= 11 is 0. The normalized spacial score (nSPS) is 15.1. The summed E-state index contributed by atoms with van der Waals surface area (Å²) in [6.07, 6.45) is 0.327. The van der Waals surface area contributed by atoms with Crippen molar-refractivity contribution in [3.8, 4) is 0 Å². The zero-order chi connectivity index (χ0) is 27.4. The second-order valence-electron chi connectivity index (χ2n) is 9.08. The first-order chi connectivity index (χ1) is 16.8. The molecule has 36 heavy (non-hydrogen) atoms. The average Bonchev–Trinajstić information content (AvgIpc) is 2.82. The highest BCUT2D eigenvalue weighted by molar-refractivity contribution is 5.95. The number of carbonyl (C=O) groups excluding carboxylic acids is 4. The van der Waals surface area contributed by atoms with Crippen molar-refractivity contribution >= 4 is 29.6 Å². The maximum atomic E-state index is 13.0. The summed E-state index contributed by atoms with van der Waals surface area (Å²) in [7, 11) is 0. The predicted octanol–water partition coefficient (Wildman–Crippen LogP) is -1.38. The minimum Gasteiger partial charge on any atom is -0.480 e. The highest BCUT2D eigenvalue weighted by atomic mass is 16.4. The van der Waals surface area contributed by atoms with Gasteiger partial charge in [-0.15, -0.1) is 0 Å². The van der Waals surface area contributed by atoms with E-state index in [0.29, 0.717) is 0 Å². The van der Waals surface area contributed by atoms with E-state index in [4.69, 9.17) is 11.5 Å². The summed E-state index contributed by atoms with van der Waals surface area (Å²) in [4.78, 5) is 61.7. The molecule has 200 valence electrons. The molecule has 0 radical (unpaired) electrons. The van der Waals surface area contributed by atoms with E-state index >= 15 is 0 Å². The Morgan fingerprint density at radius 3 is 1.78 bits per heavy atom. The Morgan fingerprint density at radius 1 is 0.778 bits per heavy atom. The monoisotopic (exact) mass is 506 g/mol. The lowest BCUT2D eigenvalue weighted by molar-refractivity contribution is -0.142. The third kappa shape index (κ3) is 10.4. The quantitative estimate of drug-likeness (QED) is 0.160. The zero-order valence-electron chi connectivity index (χ0n) is 21.1. The average molecular weight is 507 g/mol. The largest absolute Gasteiger partial charge is 0.480 e. The molecule has 4 amide bonds. The van der Waals surface area contributed by atoms with Crippen LogP contribution >= 0.6 is 0 Å². The van der Waals surface area contributed by atoms with Crippen LogP contribution in [-0.4, -0.2) is 71.5 Å². The number of rotatable bonds is 14. The van der Waals surface area contributed by atoms with Crippen LogP contribution in [0.25, 0.3) is 0 Å². The van der Waals surface area contributed by atoms with Crippen LogP contribution in [0.5, 0.6) is 0 Å². The number of nitrogens with two attached hydrogens (primary N) is 2. The fourth-order valence-corrected chi connectivity index (χ4v) is 3.22. The van der Waals surface area contributed by atoms with Crippen LogP contribution in [0, 0.1) is 5.92 Å². The van der Waals surface area contributed by atoms with Crippen molar-refractivity contribution in [1.29, 1.82) is 0 Å². The van der Waals surface area contributed by atoms with Crippen LogP contribution in [-0.2, 0) is 30.4 Å². The van der Waals surface area contributed by atoms with Crippen LogP contribution in [0.15, 0.2) is 30.3 Å². The molecule has 1 rings (SSSR count). The predicted molar refractivity (Wildman–Crippen MR) is 133 cm³/mol. The molecule has 0 aromatic heterocycles.